The molecule has 1 unspecified atom stereocenters. The van der Waals surface area contributed by atoms with Gasteiger partial charge in [-0.15, -0.1) is 0 Å². The lowest BCUT2D eigenvalue weighted by Gasteiger charge is -2.30. The summed E-state index contributed by atoms with van der Waals surface area (Å²) in [5, 5.41) is 3.33. The minimum absolute atomic E-state index is 0.217. The minimum atomic E-state index is 0.217. The molecule has 1 N–H and O–H groups in total. The summed E-state index contributed by atoms with van der Waals surface area (Å²) in [6.07, 6.45) is 6.39. The third-order valence-corrected chi connectivity index (χ3v) is 4.13. The molecule has 0 saturated carbocycles. The highest BCUT2D eigenvalue weighted by Gasteiger charge is 2.20. The Labute approximate surface area is 122 Å². The van der Waals surface area contributed by atoms with Crippen LogP contribution < -0.4 is 5.32 Å². The zero-order valence-electron chi connectivity index (χ0n) is 12.8. The van der Waals surface area contributed by atoms with Gasteiger partial charge >= 0.3 is 0 Å². The molecule has 5 heteroatoms. The number of morpholine rings is 1. The van der Waals surface area contributed by atoms with Crippen molar-refractivity contribution in [2.45, 2.75) is 38.2 Å². The Morgan fingerprint density at radius 2 is 1.95 bits per heavy atom. The number of rotatable bonds is 4. The summed E-state index contributed by atoms with van der Waals surface area (Å²) in [5.41, 5.74) is 0. The number of hydrogen-bond acceptors (Lipinski definition) is 4. The molecule has 5 nitrogen and oxygen atoms in total. The number of likely N-dealkylation sites (N-methyl/N-ethyl adjacent to an activating group) is 1. The van der Waals surface area contributed by atoms with Gasteiger partial charge in [0.25, 0.3) is 0 Å². The van der Waals surface area contributed by atoms with E-state index in [-0.39, 0.29) is 12.0 Å². The minimum Gasteiger partial charge on any atom is -0.374 e. The summed E-state index contributed by atoms with van der Waals surface area (Å²) in [7, 11) is 2.01. The molecule has 116 valence electrons. The Hall–Kier alpha value is -0.650. The van der Waals surface area contributed by atoms with E-state index in [4.69, 9.17) is 4.74 Å². The van der Waals surface area contributed by atoms with Crippen LogP contribution >= 0.6 is 0 Å². The van der Waals surface area contributed by atoms with E-state index in [1.165, 1.54) is 19.3 Å². The van der Waals surface area contributed by atoms with Gasteiger partial charge in [-0.25, -0.2) is 0 Å². The fourth-order valence-corrected chi connectivity index (χ4v) is 2.98. The first-order valence-corrected chi connectivity index (χ1v) is 8.04. The first-order valence-electron chi connectivity index (χ1n) is 8.04. The van der Waals surface area contributed by atoms with Gasteiger partial charge in [-0.05, 0) is 19.9 Å². The lowest BCUT2D eigenvalue weighted by atomic mass is 10.1. The van der Waals surface area contributed by atoms with Crippen molar-refractivity contribution in [3.63, 3.8) is 0 Å². The lowest BCUT2D eigenvalue weighted by molar-refractivity contribution is -0.132. The van der Waals surface area contributed by atoms with Gasteiger partial charge in [-0.3, -0.25) is 9.69 Å². The van der Waals surface area contributed by atoms with Gasteiger partial charge in [-0.1, -0.05) is 19.3 Å². The molecule has 0 radical (unpaired) electrons. The molecule has 2 saturated heterocycles. The monoisotopic (exact) mass is 283 g/mol. The van der Waals surface area contributed by atoms with Crippen LogP contribution in [0, 0.1) is 0 Å². The van der Waals surface area contributed by atoms with Crippen LogP contribution in [0.25, 0.3) is 0 Å². The molecule has 2 aliphatic heterocycles. The number of amides is 1. The summed E-state index contributed by atoms with van der Waals surface area (Å²) < 4.78 is 5.68. The van der Waals surface area contributed by atoms with E-state index in [0.29, 0.717) is 6.54 Å². The smallest absolute Gasteiger partial charge is 0.236 e. The van der Waals surface area contributed by atoms with Gasteiger partial charge in [0.2, 0.25) is 5.91 Å². The molecule has 2 rings (SSSR count). The summed E-state index contributed by atoms with van der Waals surface area (Å²) in [6, 6.07) is 0. The second-order valence-corrected chi connectivity index (χ2v) is 6.04. The van der Waals surface area contributed by atoms with E-state index in [1.54, 1.807) is 0 Å². The number of likely N-dealkylation sites (tertiary alicyclic amines) is 1. The number of carbonyl (C=O) groups excluding carboxylic acids is 1. The van der Waals surface area contributed by atoms with Crippen molar-refractivity contribution in [3.05, 3.63) is 0 Å². The maximum absolute atomic E-state index is 12.3. The summed E-state index contributed by atoms with van der Waals surface area (Å²) >= 11 is 0. The predicted molar refractivity (Wildman–Crippen MR) is 79.8 cm³/mol. The number of nitrogens with zero attached hydrogens (tertiary/aromatic N) is 2. The SMILES string of the molecule is CN(CC(=O)N1CCCCCCC1)CC1CNCCO1. The molecule has 1 amide bonds. The Morgan fingerprint density at radius 1 is 1.25 bits per heavy atom. The quantitative estimate of drug-likeness (QED) is 0.825. The van der Waals surface area contributed by atoms with Crippen molar-refractivity contribution in [2.24, 2.45) is 0 Å². The topological polar surface area (TPSA) is 44.8 Å². The van der Waals surface area contributed by atoms with Crippen LogP contribution in [0.5, 0.6) is 0 Å². The molecule has 0 aromatic rings. The molecule has 2 fully saturated rings. The Kier molecular flexibility index (Phi) is 6.76. The van der Waals surface area contributed by atoms with Gasteiger partial charge in [0, 0.05) is 32.7 Å². The third kappa shape index (κ3) is 5.38. The van der Waals surface area contributed by atoms with E-state index in [1.807, 2.05) is 7.05 Å². The number of nitrogens with one attached hydrogen (secondary N) is 1. The van der Waals surface area contributed by atoms with E-state index in [0.717, 1.165) is 52.2 Å². The average Bonchev–Trinajstić information content (AvgIpc) is 2.38. The number of carbonyl (C=O) groups is 1. The van der Waals surface area contributed by atoms with Crippen LogP contribution in [-0.2, 0) is 9.53 Å². The van der Waals surface area contributed by atoms with E-state index < -0.39 is 0 Å². The molecular weight excluding hydrogens is 254 g/mol. The molecule has 0 aromatic heterocycles. The van der Waals surface area contributed by atoms with Crippen LogP contribution in [0.3, 0.4) is 0 Å². The molecule has 0 aliphatic carbocycles. The molecular formula is C15H29N3O2. The Bertz CT molecular complexity index is 285. The molecule has 1 atom stereocenters. The van der Waals surface area contributed by atoms with E-state index in [2.05, 4.69) is 15.1 Å². The zero-order chi connectivity index (χ0) is 14.2. The van der Waals surface area contributed by atoms with Crippen molar-refractivity contribution in [3.8, 4) is 0 Å². The van der Waals surface area contributed by atoms with Crippen LogP contribution in [0.4, 0.5) is 0 Å². The van der Waals surface area contributed by atoms with Crippen LogP contribution in [0.2, 0.25) is 0 Å². The Morgan fingerprint density at radius 3 is 2.60 bits per heavy atom. The fraction of sp³-hybridized carbons (Fsp3) is 0.933. The highest BCUT2D eigenvalue weighted by Crippen LogP contribution is 2.11. The second kappa shape index (κ2) is 8.60. The summed E-state index contributed by atoms with van der Waals surface area (Å²) in [5.74, 6) is 0.276. The van der Waals surface area contributed by atoms with Crippen molar-refractivity contribution in [2.75, 3.05) is 52.9 Å². The van der Waals surface area contributed by atoms with Crippen molar-refractivity contribution >= 4 is 5.91 Å². The highest BCUT2D eigenvalue weighted by atomic mass is 16.5. The molecule has 20 heavy (non-hydrogen) atoms. The first-order chi connectivity index (χ1) is 9.75. The van der Waals surface area contributed by atoms with E-state index >= 15 is 0 Å². The van der Waals surface area contributed by atoms with Crippen molar-refractivity contribution in [1.29, 1.82) is 0 Å². The molecule has 0 aromatic carbocycles. The van der Waals surface area contributed by atoms with E-state index in [9.17, 15) is 4.79 Å². The Balaban J connectivity index is 1.71. The summed E-state index contributed by atoms with van der Waals surface area (Å²) in [6.45, 7) is 5.82. The highest BCUT2D eigenvalue weighted by molar-refractivity contribution is 5.78. The standard InChI is InChI=1S/C15H29N3O2/c1-17(12-14-11-16-7-10-20-14)13-15(19)18-8-5-3-2-4-6-9-18/h14,16H,2-13H2,1H3. The first kappa shape index (κ1) is 15.7. The van der Waals surface area contributed by atoms with Gasteiger partial charge in [0.15, 0.2) is 0 Å². The zero-order valence-corrected chi connectivity index (χ0v) is 12.8. The predicted octanol–water partition coefficient (Wildman–Crippen LogP) is 0.699. The largest absolute Gasteiger partial charge is 0.374 e. The fourth-order valence-electron chi connectivity index (χ4n) is 2.98. The molecule has 2 aliphatic rings. The lowest BCUT2D eigenvalue weighted by Crippen LogP contribution is -2.47. The molecule has 0 spiro atoms. The average molecular weight is 283 g/mol. The maximum Gasteiger partial charge on any atom is 0.236 e. The molecule has 0 bridgehead atoms. The molecule has 2 heterocycles. The second-order valence-electron chi connectivity index (χ2n) is 6.04. The normalized spacial score (nSPS) is 25.3. The van der Waals surface area contributed by atoms with Crippen LogP contribution in [0.1, 0.15) is 32.1 Å². The number of hydrogen-bond donors (Lipinski definition) is 1. The van der Waals surface area contributed by atoms with Gasteiger partial charge in [0.1, 0.15) is 0 Å². The number of ether oxygens (including phenoxy) is 1. The third-order valence-electron chi connectivity index (χ3n) is 4.13. The van der Waals surface area contributed by atoms with Gasteiger partial charge < -0.3 is 15.0 Å². The van der Waals surface area contributed by atoms with Crippen molar-refractivity contribution in [1.82, 2.24) is 15.1 Å². The van der Waals surface area contributed by atoms with Crippen LogP contribution in [0.15, 0.2) is 0 Å². The summed E-state index contributed by atoms with van der Waals surface area (Å²) in [4.78, 5) is 16.5. The maximum atomic E-state index is 12.3. The van der Waals surface area contributed by atoms with Crippen LogP contribution in [-0.4, -0.2) is 74.7 Å². The van der Waals surface area contributed by atoms with Gasteiger partial charge in [-0.2, -0.15) is 0 Å². The van der Waals surface area contributed by atoms with Crippen molar-refractivity contribution < 1.29 is 9.53 Å². The van der Waals surface area contributed by atoms with Gasteiger partial charge in [0.05, 0.1) is 19.3 Å².